The van der Waals surface area contributed by atoms with Gasteiger partial charge in [-0.25, -0.2) is 4.68 Å². The number of rotatable bonds is 3. The Morgan fingerprint density at radius 2 is 1.71 bits per heavy atom. The third-order valence-electron chi connectivity index (χ3n) is 4.37. The van der Waals surface area contributed by atoms with E-state index in [1.807, 2.05) is 0 Å². The van der Waals surface area contributed by atoms with E-state index in [2.05, 4.69) is 15.3 Å². The molecule has 0 aromatic carbocycles. The van der Waals surface area contributed by atoms with Crippen molar-refractivity contribution < 1.29 is 18.0 Å². The topological polar surface area (TPSA) is 84.2 Å². The molecule has 3 heterocycles. The van der Waals surface area contributed by atoms with Crippen LogP contribution in [0.25, 0.3) is 0 Å². The predicted molar refractivity (Wildman–Crippen MR) is 94.0 cm³/mol. The predicted octanol–water partition coefficient (Wildman–Crippen LogP) is 1.60. The van der Waals surface area contributed by atoms with Crippen LogP contribution in [0.15, 0.2) is 29.1 Å². The Bertz CT molecular complexity index is 902. The van der Waals surface area contributed by atoms with Gasteiger partial charge in [-0.2, -0.15) is 18.3 Å². The molecule has 3 rings (SSSR count). The number of nitrogens with zero attached hydrogens (tertiary/aromatic N) is 6. The molecule has 0 aliphatic carbocycles. The Morgan fingerprint density at radius 3 is 2.25 bits per heavy atom. The summed E-state index contributed by atoms with van der Waals surface area (Å²) in [5.74, 6) is 0.0270. The van der Waals surface area contributed by atoms with Gasteiger partial charge in [0.25, 0.3) is 11.5 Å². The molecule has 8 nitrogen and oxygen atoms in total. The van der Waals surface area contributed by atoms with E-state index in [0.29, 0.717) is 32.0 Å². The van der Waals surface area contributed by atoms with Gasteiger partial charge in [0.15, 0.2) is 11.5 Å². The van der Waals surface area contributed by atoms with Crippen molar-refractivity contribution in [3.63, 3.8) is 0 Å². The fourth-order valence-electron chi connectivity index (χ4n) is 2.85. The maximum Gasteiger partial charge on any atom is 0.435 e. The molecule has 1 amide bonds. The number of alkyl halides is 3. The average Bonchev–Trinajstić information content (AvgIpc) is 2.67. The first kappa shape index (κ1) is 19.8. The molecule has 1 aliphatic heterocycles. The number of carbonyl (C=O) groups is 1. The van der Waals surface area contributed by atoms with E-state index in [9.17, 15) is 22.8 Å². The number of halogens is 3. The van der Waals surface area contributed by atoms with E-state index in [-0.39, 0.29) is 23.2 Å². The van der Waals surface area contributed by atoms with Crippen molar-refractivity contribution in [2.45, 2.75) is 26.1 Å². The maximum atomic E-state index is 12.7. The molecular weight excluding hydrogens is 377 g/mol. The van der Waals surface area contributed by atoms with Crippen LogP contribution in [0, 0.1) is 0 Å². The van der Waals surface area contributed by atoms with Gasteiger partial charge in [-0.1, -0.05) is 0 Å². The Kier molecular flexibility index (Phi) is 5.34. The first-order chi connectivity index (χ1) is 13.2. The number of aromatic nitrogens is 4. The van der Waals surface area contributed by atoms with Crippen molar-refractivity contribution in [2.24, 2.45) is 0 Å². The minimum absolute atomic E-state index is 0.171. The maximum absolute atomic E-state index is 12.7. The molecule has 11 heteroatoms. The summed E-state index contributed by atoms with van der Waals surface area (Å²) >= 11 is 0. The summed E-state index contributed by atoms with van der Waals surface area (Å²) in [6.07, 6.45) is -4.53. The van der Waals surface area contributed by atoms with Crippen LogP contribution in [0.4, 0.5) is 19.0 Å². The SMILES string of the molecule is CC(C)n1nc(C(=O)N2CCN(c3ccc(C(F)(F)F)nn3)CC2)ccc1=O. The normalized spacial score (nSPS) is 15.2. The van der Waals surface area contributed by atoms with Gasteiger partial charge in [0.1, 0.15) is 5.69 Å². The quantitative estimate of drug-likeness (QED) is 0.784. The van der Waals surface area contributed by atoms with Gasteiger partial charge >= 0.3 is 6.18 Å². The molecule has 150 valence electrons. The lowest BCUT2D eigenvalue weighted by Crippen LogP contribution is -2.49. The zero-order valence-corrected chi connectivity index (χ0v) is 15.3. The molecule has 1 fully saturated rings. The molecule has 2 aromatic rings. The standard InChI is InChI=1S/C17H19F3N6O2/c1-11(2)26-15(27)6-3-12(23-26)16(28)25-9-7-24(8-10-25)14-5-4-13(21-22-14)17(18,19)20/h3-6,11H,7-10H2,1-2H3. The van der Waals surface area contributed by atoms with Gasteiger partial charge < -0.3 is 9.80 Å². The molecule has 0 atom stereocenters. The van der Waals surface area contributed by atoms with Gasteiger partial charge in [0, 0.05) is 32.2 Å². The largest absolute Gasteiger partial charge is 0.435 e. The monoisotopic (exact) mass is 396 g/mol. The molecule has 0 unspecified atom stereocenters. The van der Waals surface area contributed by atoms with Crippen LogP contribution in [0.1, 0.15) is 36.1 Å². The molecule has 1 saturated heterocycles. The fraction of sp³-hybridized carbons (Fsp3) is 0.471. The highest BCUT2D eigenvalue weighted by atomic mass is 19.4. The molecule has 0 bridgehead atoms. The number of hydrogen-bond donors (Lipinski definition) is 0. The molecular formula is C17H19F3N6O2. The lowest BCUT2D eigenvalue weighted by Gasteiger charge is -2.35. The summed E-state index contributed by atoms with van der Waals surface area (Å²) in [6, 6.07) is 4.70. The highest BCUT2D eigenvalue weighted by Gasteiger charge is 2.33. The van der Waals surface area contributed by atoms with Crippen molar-refractivity contribution in [2.75, 3.05) is 31.1 Å². The highest BCUT2D eigenvalue weighted by Crippen LogP contribution is 2.27. The number of amides is 1. The summed E-state index contributed by atoms with van der Waals surface area (Å²) in [7, 11) is 0. The minimum atomic E-state index is -4.53. The van der Waals surface area contributed by atoms with Gasteiger partial charge in [0.05, 0.1) is 6.04 Å². The van der Waals surface area contributed by atoms with E-state index in [1.165, 1.54) is 22.9 Å². The van der Waals surface area contributed by atoms with E-state index < -0.39 is 11.9 Å². The van der Waals surface area contributed by atoms with E-state index in [1.54, 1.807) is 23.6 Å². The molecule has 2 aromatic heterocycles. The number of hydrogen-bond acceptors (Lipinski definition) is 6. The van der Waals surface area contributed by atoms with Gasteiger partial charge in [-0.15, -0.1) is 10.2 Å². The van der Waals surface area contributed by atoms with Crippen LogP contribution in [0.3, 0.4) is 0 Å². The lowest BCUT2D eigenvalue weighted by molar-refractivity contribution is -0.141. The van der Waals surface area contributed by atoms with Crippen LogP contribution in [0.2, 0.25) is 0 Å². The summed E-state index contributed by atoms with van der Waals surface area (Å²) in [5.41, 5.74) is -1.15. The smallest absolute Gasteiger partial charge is 0.352 e. The Balaban J connectivity index is 1.66. The average molecular weight is 396 g/mol. The van der Waals surface area contributed by atoms with Crippen LogP contribution in [-0.4, -0.2) is 57.0 Å². The molecule has 28 heavy (non-hydrogen) atoms. The summed E-state index contributed by atoms with van der Waals surface area (Å²) < 4.78 is 39.0. The molecule has 0 spiro atoms. The van der Waals surface area contributed by atoms with Crippen LogP contribution in [-0.2, 0) is 6.18 Å². The second-order valence-corrected chi connectivity index (χ2v) is 6.65. The Morgan fingerprint density at radius 1 is 1.04 bits per heavy atom. The third-order valence-corrected chi connectivity index (χ3v) is 4.37. The number of piperazine rings is 1. The van der Waals surface area contributed by atoms with Crippen LogP contribution in [0.5, 0.6) is 0 Å². The van der Waals surface area contributed by atoms with Crippen molar-refractivity contribution in [3.8, 4) is 0 Å². The first-order valence-electron chi connectivity index (χ1n) is 8.72. The van der Waals surface area contributed by atoms with Crippen LogP contribution >= 0.6 is 0 Å². The van der Waals surface area contributed by atoms with E-state index >= 15 is 0 Å². The summed E-state index contributed by atoms with van der Waals surface area (Å²) in [4.78, 5) is 27.8. The molecule has 0 N–H and O–H groups in total. The number of anilines is 1. The van der Waals surface area contributed by atoms with Crippen molar-refractivity contribution >= 4 is 11.7 Å². The van der Waals surface area contributed by atoms with E-state index in [0.717, 1.165) is 6.07 Å². The molecule has 0 radical (unpaired) electrons. The van der Waals surface area contributed by atoms with Gasteiger partial charge in [0.2, 0.25) is 0 Å². The van der Waals surface area contributed by atoms with Crippen molar-refractivity contribution in [1.82, 2.24) is 24.9 Å². The fourth-order valence-corrected chi connectivity index (χ4v) is 2.85. The molecule has 0 saturated carbocycles. The van der Waals surface area contributed by atoms with Crippen LogP contribution < -0.4 is 10.5 Å². The van der Waals surface area contributed by atoms with Gasteiger partial charge in [-0.05, 0) is 32.0 Å². The Hall–Kier alpha value is -2.98. The minimum Gasteiger partial charge on any atom is -0.352 e. The van der Waals surface area contributed by atoms with Gasteiger partial charge in [-0.3, -0.25) is 9.59 Å². The second-order valence-electron chi connectivity index (χ2n) is 6.65. The Labute approximate surface area is 158 Å². The van der Waals surface area contributed by atoms with Crippen molar-refractivity contribution in [1.29, 1.82) is 0 Å². The zero-order chi connectivity index (χ0) is 20.5. The highest BCUT2D eigenvalue weighted by molar-refractivity contribution is 5.92. The molecule has 1 aliphatic rings. The second kappa shape index (κ2) is 7.56. The lowest BCUT2D eigenvalue weighted by atomic mass is 10.2. The summed E-state index contributed by atoms with van der Waals surface area (Å²) in [6.45, 7) is 5.10. The summed E-state index contributed by atoms with van der Waals surface area (Å²) in [5, 5.41) is 11.0. The van der Waals surface area contributed by atoms with E-state index in [4.69, 9.17) is 0 Å². The number of carbonyl (C=O) groups excluding carboxylic acids is 1. The first-order valence-corrected chi connectivity index (χ1v) is 8.72. The van der Waals surface area contributed by atoms with Crippen molar-refractivity contribution in [3.05, 3.63) is 46.0 Å². The third kappa shape index (κ3) is 4.12. The zero-order valence-electron chi connectivity index (χ0n) is 15.3.